The average Bonchev–Trinajstić information content (AvgIpc) is 2.32. The number of hydrogen-bond acceptors (Lipinski definition) is 3. The molecule has 0 aliphatic carbocycles. The largest absolute Gasteiger partial charge is 0.477 e. The van der Waals surface area contributed by atoms with E-state index in [1.165, 1.54) is 6.07 Å². The molecular formula is C14H21FN2O2. The van der Waals surface area contributed by atoms with Gasteiger partial charge in [0.1, 0.15) is 0 Å². The van der Waals surface area contributed by atoms with Gasteiger partial charge in [-0.15, -0.1) is 0 Å². The molecule has 0 bridgehead atoms. The van der Waals surface area contributed by atoms with Crippen molar-refractivity contribution < 1.29 is 13.9 Å². The minimum Gasteiger partial charge on any atom is -0.477 e. The maximum absolute atomic E-state index is 13.8. The van der Waals surface area contributed by atoms with Gasteiger partial charge in [0.25, 0.3) is 5.91 Å². The number of rotatable bonds is 6. The summed E-state index contributed by atoms with van der Waals surface area (Å²) >= 11 is 0. The van der Waals surface area contributed by atoms with Gasteiger partial charge in [0.05, 0.1) is 0 Å². The molecular weight excluding hydrogens is 247 g/mol. The van der Waals surface area contributed by atoms with Gasteiger partial charge in [-0.25, -0.2) is 4.39 Å². The Balaban J connectivity index is 2.83. The van der Waals surface area contributed by atoms with Crippen molar-refractivity contribution in [3.8, 4) is 5.75 Å². The van der Waals surface area contributed by atoms with Crippen LogP contribution in [-0.4, -0.2) is 25.1 Å². The third kappa shape index (κ3) is 4.52. The molecule has 0 radical (unpaired) electrons. The highest BCUT2D eigenvalue weighted by Crippen LogP contribution is 2.23. The van der Waals surface area contributed by atoms with Crippen LogP contribution in [0.25, 0.3) is 0 Å². The van der Waals surface area contributed by atoms with Crippen LogP contribution in [0, 0.1) is 5.82 Å². The molecule has 0 aromatic heterocycles. The summed E-state index contributed by atoms with van der Waals surface area (Å²) in [5.41, 5.74) is 0.687. The third-order valence-electron chi connectivity index (χ3n) is 2.51. The number of amides is 1. The monoisotopic (exact) mass is 268 g/mol. The van der Waals surface area contributed by atoms with E-state index in [9.17, 15) is 9.18 Å². The number of benzene rings is 1. The number of carbonyl (C=O) groups is 1. The lowest BCUT2D eigenvalue weighted by Gasteiger charge is -2.19. The predicted molar refractivity (Wildman–Crippen MR) is 72.5 cm³/mol. The van der Waals surface area contributed by atoms with Gasteiger partial charge >= 0.3 is 0 Å². The molecule has 0 saturated carbocycles. The van der Waals surface area contributed by atoms with Crippen molar-refractivity contribution in [2.75, 3.05) is 7.05 Å². The van der Waals surface area contributed by atoms with Crippen LogP contribution in [0.1, 0.15) is 26.3 Å². The van der Waals surface area contributed by atoms with Gasteiger partial charge in [-0.3, -0.25) is 4.79 Å². The molecule has 4 nitrogen and oxygen atoms in total. The standard InChI is InChI=1S/C14H21FN2O2/c1-9(2)17-14(18)10(3)19-13-11(8-16-4)6-5-7-12(13)15/h5-7,9-10,16H,8H2,1-4H3,(H,17,18). The van der Waals surface area contributed by atoms with Crippen LogP contribution in [0.3, 0.4) is 0 Å². The van der Waals surface area contributed by atoms with E-state index in [4.69, 9.17) is 4.74 Å². The first-order chi connectivity index (χ1) is 8.95. The number of halogens is 1. The van der Waals surface area contributed by atoms with Crippen LogP contribution in [0.5, 0.6) is 5.75 Å². The minimum absolute atomic E-state index is 0.0240. The fourth-order valence-corrected chi connectivity index (χ4v) is 1.65. The zero-order chi connectivity index (χ0) is 14.4. The lowest BCUT2D eigenvalue weighted by molar-refractivity contribution is -0.127. The van der Waals surface area contributed by atoms with Gasteiger partial charge in [0.15, 0.2) is 17.7 Å². The van der Waals surface area contributed by atoms with Crippen LogP contribution in [-0.2, 0) is 11.3 Å². The molecule has 0 heterocycles. The van der Waals surface area contributed by atoms with Crippen LogP contribution in [0.15, 0.2) is 18.2 Å². The summed E-state index contributed by atoms with van der Waals surface area (Å²) < 4.78 is 19.2. The molecule has 19 heavy (non-hydrogen) atoms. The van der Waals surface area contributed by atoms with Crippen LogP contribution in [0.2, 0.25) is 0 Å². The van der Waals surface area contributed by atoms with Gasteiger partial charge in [0, 0.05) is 18.2 Å². The van der Waals surface area contributed by atoms with E-state index in [1.807, 2.05) is 13.8 Å². The van der Waals surface area contributed by atoms with Crippen molar-refractivity contribution in [2.24, 2.45) is 0 Å². The molecule has 2 N–H and O–H groups in total. The summed E-state index contributed by atoms with van der Waals surface area (Å²) in [5.74, 6) is -0.589. The number of carbonyl (C=O) groups excluding carboxylic acids is 1. The van der Waals surface area contributed by atoms with Gasteiger partial charge in [0.2, 0.25) is 0 Å². The molecule has 1 aromatic rings. The number of ether oxygens (including phenoxy) is 1. The summed E-state index contributed by atoms with van der Waals surface area (Å²) in [7, 11) is 1.77. The molecule has 0 fully saturated rings. The van der Waals surface area contributed by atoms with Crippen molar-refractivity contribution >= 4 is 5.91 Å². The summed E-state index contributed by atoms with van der Waals surface area (Å²) in [6, 6.07) is 4.73. The van der Waals surface area contributed by atoms with Gasteiger partial charge in [-0.1, -0.05) is 12.1 Å². The molecule has 5 heteroatoms. The normalized spacial score (nSPS) is 12.3. The van der Waals surface area contributed by atoms with Crippen molar-refractivity contribution in [3.05, 3.63) is 29.6 Å². The minimum atomic E-state index is -0.741. The van der Waals surface area contributed by atoms with Crippen molar-refractivity contribution in [1.29, 1.82) is 0 Å². The van der Waals surface area contributed by atoms with E-state index in [2.05, 4.69) is 10.6 Å². The Morgan fingerprint density at radius 3 is 2.63 bits per heavy atom. The van der Waals surface area contributed by atoms with E-state index in [0.717, 1.165) is 0 Å². The molecule has 0 saturated heterocycles. The Hall–Kier alpha value is -1.62. The highest BCUT2D eigenvalue weighted by atomic mass is 19.1. The van der Waals surface area contributed by atoms with Crippen LogP contribution >= 0.6 is 0 Å². The Bertz CT molecular complexity index is 435. The molecule has 0 spiro atoms. The summed E-state index contributed by atoms with van der Waals surface area (Å²) in [4.78, 5) is 11.8. The van der Waals surface area contributed by atoms with Gasteiger partial charge in [-0.2, -0.15) is 0 Å². The SMILES string of the molecule is CNCc1cccc(F)c1OC(C)C(=O)NC(C)C. The first-order valence-electron chi connectivity index (χ1n) is 6.34. The van der Waals surface area contributed by atoms with Crippen molar-refractivity contribution in [3.63, 3.8) is 0 Å². The van der Waals surface area contributed by atoms with E-state index in [0.29, 0.717) is 12.1 Å². The molecule has 1 rings (SSSR count). The van der Waals surface area contributed by atoms with E-state index < -0.39 is 11.9 Å². The van der Waals surface area contributed by atoms with Crippen LogP contribution in [0.4, 0.5) is 4.39 Å². The summed E-state index contributed by atoms with van der Waals surface area (Å²) in [6.45, 7) is 5.80. The predicted octanol–water partition coefficient (Wildman–Crippen LogP) is 1.84. The molecule has 1 atom stereocenters. The molecule has 1 unspecified atom stereocenters. The highest BCUT2D eigenvalue weighted by Gasteiger charge is 2.19. The molecule has 106 valence electrons. The summed E-state index contributed by atoms with van der Waals surface area (Å²) in [5, 5.41) is 5.67. The van der Waals surface area contributed by atoms with Gasteiger partial charge < -0.3 is 15.4 Å². The van der Waals surface area contributed by atoms with Crippen molar-refractivity contribution in [1.82, 2.24) is 10.6 Å². The Labute approximate surface area is 113 Å². The molecule has 1 aromatic carbocycles. The lowest BCUT2D eigenvalue weighted by Crippen LogP contribution is -2.40. The molecule has 0 aliphatic rings. The highest BCUT2D eigenvalue weighted by molar-refractivity contribution is 5.80. The number of para-hydroxylation sites is 1. The van der Waals surface area contributed by atoms with E-state index in [-0.39, 0.29) is 17.7 Å². The Morgan fingerprint density at radius 2 is 2.05 bits per heavy atom. The topological polar surface area (TPSA) is 50.4 Å². The first kappa shape index (κ1) is 15.4. The van der Waals surface area contributed by atoms with Crippen molar-refractivity contribution in [2.45, 2.75) is 39.5 Å². The first-order valence-corrected chi connectivity index (χ1v) is 6.34. The second-order valence-corrected chi connectivity index (χ2v) is 4.68. The van der Waals surface area contributed by atoms with E-state index >= 15 is 0 Å². The third-order valence-corrected chi connectivity index (χ3v) is 2.51. The molecule has 0 aliphatic heterocycles. The number of nitrogens with one attached hydrogen (secondary N) is 2. The fourth-order valence-electron chi connectivity index (χ4n) is 1.65. The lowest BCUT2D eigenvalue weighted by atomic mass is 10.2. The quantitative estimate of drug-likeness (QED) is 0.827. The van der Waals surface area contributed by atoms with Gasteiger partial charge in [-0.05, 0) is 33.9 Å². The average molecular weight is 268 g/mol. The Kier molecular flexibility index (Phi) is 5.76. The fraction of sp³-hybridized carbons (Fsp3) is 0.500. The second kappa shape index (κ2) is 7.09. The smallest absolute Gasteiger partial charge is 0.260 e. The second-order valence-electron chi connectivity index (χ2n) is 4.68. The Morgan fingerprint density at radius 1 is 1.37 bits per heavy atom. The van der Waals surface area contributed by atoms with Crippen LogP contribution < -0.4 is 15.4 Å². The zero-order valence-electron chi connectivity index (χ0n) is 11.8. The molecule has 1 amide bonds. The maximum atomic E-state index is 13.8. The summed E-state index contributed by atoms with van der Waals surface area (Å²) in [6.07, 6.45) is -0.741. The number of hydrogen-bond donors (Lipinski definition) is 2. The van der Waals surface area contributed by atoms with E-state index in [1.54, 1.807) is 26.1 Å². The zero-order valence-corrected chi connectivity index (χ0v) is 11.8. The maximum Gasteiger partial charge on any atom is 0.260 e.